The normalized spacial score (nSPS) is 16.4. The maximum Gasteiger partial charge on any atom is 0.213 e. The zero-order chi connectivity index (χ0) is 18.6. The first-order valence-corrected chi connectivity index (χ1v) is 9.85. The van der Waals surface area contributed by atoms with Gasteiger partial charge < -0.3 is 20.1 Å². The SMILES string of the molecule is CN=C(NCCOC1CCCCCC1)NCc1ccc(OC(C)C)nc1. The van der Waals surface area contributed by atoms with Crippen LogP contribution in [0.3, 0.4) is 0 Å². The van der Waals surface area contributed by atoms with E-state index in [1.54, 1.807) is 7.05 Å². The lowest BCUT2D eigenvalue weighted by Crippen LogP contribution is -2.38. The molecule has 0 unspecified atom stereocenters. The topological polar surface area (TPSA) is 67.8 Å². The highest BCUT2D eigenvalue weighted by atomic mass is 16.5. The van der Waals surface area contributed by atoms with Crippen LogP contribution in [0.25, 0.3) is 0 Å². The molecule has 1 saturated carbocycles. The van der Waals surface area contributed by atoms with Crippen molar-refractivity contribution in [1.82, 2.24) is 15.6 Å². The van der Waals surface area contributed by atoms with Crippen LogP contribution < -0.4 is 15.4 Å². The molecule has 2 rings (SSSR count). The standard InChI is InChI=1S/C20H34N4O2/c1-16(2)26-19-11-10-17(14-23-19)15-24-20(21-3)22-12-13-25-18-8-6-4-5-7-9-18/h10-11,14,16,18H,4-9,12-13,15H2,1-3H3,(H2,21,22,24). The van der Waals surface area contributed by atoms with E-state index in [0.717, 1.165) is 18.1 Å². The number of nitrogens with one attached hydrogen (secondary N) is 2. The van der Waals surface area contributed by atoms with Crippen molar-refractivity contribution in [3.8, 4) is 5.88 Å². The van der Waals surface area contributed by atoms with Crippen molar-refractivity contribution in [1.29, 1.82) is 0 Å². The number of pyridine rings is 1. The summed E-state index contributed by atoms with van der Waals surface area (Å²) in [4.78, 5) is 8.57. The Morgan fingerprint density at radius 1 is 1.19 bits per heavy atom. The molecule has 1 aliphatic carbocycles. The van der Waals surface area contributed by atoms with Gasteiger partial charge in [-0.2, -0.15) is 0 Å². The smallest absolute Gasteiger partial charge is 0.213 e. The molecule has 6 heteroatoms. The molecule has 0 aromatic carbocycles. The van der Waals surface area contributed by atoms with Gasteiger partial charge in [-0.3, -0.25) is 4.99 Å². The molecule has 0 aliphatic heterocycles. The highest BCUT2D eigenvalue weighted by Crippen LogP contribution is 2.19. The van der Waals surface area contributed by atoms with Crippen LogP contribution in [0, 0.1) is 0 Å². The summed E-state index contributed by atoms with van der Waals surface area (Å²) in [6.07, 6.45) is 10.1. The maximum atomic E-state index is 6.00. The molecule has 0 radical (unpaired) electrons. The van der Waals surface area contributed by atoms with Crippen LogP contribution in [0.1, 0.15) is 57.9 Å². The number of aromatic nitrogens is 1. The summed E-state index contributed by atoms with van der Waals surface area (Å²) in [5, 5.41) is 6.60. The molecule has 2 N–H and O–H groups in total. The van der Waals surface area contributed by atoms with Crippen LogP contribution in [0.2, 0.25) is 0 Å². The fraction of sp³-hybridized carbons (Fsp3) is 0.700. The molecule has 6 nitrogen and oxygen atoms in total. The van der Waals surface area contributed by atoms with E-state index in [-0.39, 0.29) is 6.10 Å². The largest absolute Gasteiger partial charge is 0.475 e. The molecular weight excluding hydrogens is 328 g/mol. The third kappa shape index (κ3) is 8.04. The van der Waals surface area contributed by atoms with Gasteiger partial charge in [-0.1, -0.05) is 31.7 Å². The Kier molecular flexibility index (Phi) is 9.24. The zero-order valence-corrected chi connectivity index (χ0v) is 16.5. The molecule has 0 bridgehead atoms. The quantitative estimate of drug-likeness (QED) is 0.321. The Morgan fingerprint density at radius 2 is 1.96 bits per heavy atom. The Hall–Kier alpha value is -1.82. The average molecular weight is 363 g/mol. The maximum absolute atomic E-state index is 6.00. The summed E-state index contributed by atoms with van der Waals surface area (Å²) >= 11 is 0. The molecule has 1 fully saturated rings. The van der Waals surface area contributed by atoms with Gasteiger partial charge in [-0.15, -0.1) is 0 Å². The van der Waals surface area contributed by atoms with Gasteiger partial charge in [0.1, 0.15) is 0 Å². The summed E-state index contributed by atoms with van der Waals surface area (Å²) in [6.45, 7) is 6.13. The van der Waals surface area contributed by atoms with Gasteiger partial charge in [-0.25, -0.2) is 4.98 Å². The number of rotatable bonds is 8. The summed E-state index contributed by atoms with van der Waals surface area (Å²) in [5.41, 5.74) is 1.08. The van der Waals surface area contributed by atoms with Crippen LogP contribution in [0.15, 0.2) is 23.3 Å². The van der Waals surface area contributed by atoms with Crippen molar-refractivity contribution < 1.29 is 9.47 Å². The van der Waals surface area contributed by atoms with Crippen molar-refractivity contribution in [3.63, 3.8) is 0 Å². The van der Waals surface area contributed by atoms with Crippen LogP contribution in [0.4, 0.5) is 0 Å². The third-order valence-electron chi connectivity index (χ3n) is 4.39. The minimum atomic E-state index is 0.134. The van der Waals surface area contributed by atoms with E-state index in [0.29, 0.717) is 25.1 Å². The number of hydrogen-bond acceptors (Lipinski definition) is 4. The molecule has 1 aromatic rings. The summed E-state index contributed by atoms with van der Waals surface area (Å²) in [5.74, 6) is 1.43. The minimum absolute atomic E-state index is 0.134. The lowest BCUT2D eigenvalue weighted by molar-refractivity contribution is 0.0468. The fourth-order valence-corrected chi connectivity index (χ4v) is 3.04. The monoisotopic (exact) mass is 362 g/mol. The average Bonchev–Trinajstić information content (AvgIpc) is 2.91. The molecule has 0 atom stereocenters. The van der Waals surface area contributed by atoms with Crippen molar-refractivity contribution >= 4 is 5.96 Å². The van der Waals surface area contributed by atoms with Gasteiger partial charge >= 0.3 is 0 Å². The summed E-state index contributed by atoms with van der Waals surface area (Å²) < 4.78 is 11.6. The lowest BCUT2D eigenvalue weighted by atomic mass is 10.1. The minimum Gasteiger partial charge on any atom is -0.475 e. The van der Waals surface area contributed by atoms with E-state index in [9.17, 15) is 0 Å². The number of aliphatic imine (C=N–C) groups is 1. The number of hydrogen-bond donors (Lipinski definition) is 2. The molecule has 0 amide bonds. The highest BCUT2D eigenvalue weighted by molar-refractivity contribution is 5.79. The van der Waals surface area contributed by atoms with Gasteiger partial charge in [-0.05, 0) is 32.3 Å². The van der Waals surface area contributed by atoms with E-state index in [1.807, 2.05) is 32.2 Å². The summed E-state index contributed by atoms with van der Waals surface area (Å²) in [6, 6.07) is 3.91. The molecule has 146 valence electrons. The van der Waals surface area contributed by atoms with Crippen molar-refractivity contribution in [3.05, 3.63) is 23.9 Å². The van der Waals surface area contributed by atoms with Crippen LogP contribution in [-0.2, 0) is 11.3 Å². The van der Waals surface area contributed by atoms with Gasteiger partial charge in [0.25, 0.3) is 0 Å². The Labute approximate surface area is 157 Å². The molecule has 0 saturated heterocycles. The first-order chi connectivity index (χ1) is 12.7. The van der Waals surface area contributed by atoms with Gasteiger partial charge in [0.2, 0.25) is 5.88 Å². The van der Waals surface area contributed by atoms with E-state index in [2.05, 4.69) is 20.6 Å². The van der Waals surface area contributed by atoms with Crippen molar-refractivity contribution in [2.24, 2.45) is 4.99 Å². The van der Waals surface area contributed by atoms with E-state index < -0.39 is 0 Å². The Morgan fingerprint density at radius 3 is 2.58 bits per heavy atom. The first-order valence-electron chi connectivity index (χ1n) is 9.85. The van der Waals surface area contributed by atoms with Crippen LogP contribution in [-0.4, -0.2) is 43.4 Å². The zero-order valence-electron chi connectivity index (χ0n) is 16.5. The molecule has 1 aromatic heterocycles. The lowest BCUT2D eigenvalue weighted by Gasteiger charge is -2.17. The Balaban J connectivity index is 1.64. The summed E-state index contributed by atoms with van der Waals surface area (Å²) in [7, 11) is 1.78. The predicted octanol–water partition coefficient (Wildman–Crippen LogP) is 3.27. The fourth-order valence-electron chi connectivity index (χ4n) is 3.04. The number of guanidine groups is 1. The highest BCUT2D eigenvalue weighted by Gasteiger charge is 2.12. The van der Waals surface area contributed by atoms with Crippen molar-refractivity contribution in [2.45, 2.75) is 71.1 Å². The molecule has 26 heavy (non-hydrogen) atoms. The number of nitrogens with zero attached hydrogens (tertiary/aromatic N) is 2. The van der Waals surface area contributed by atoms with E-state index in [1.165, 1.54) is 38.5 Å². The molecule has 1 heterocycles. The van der Waals surface area contributed by atoms with Gasteiger partial charge in [0.05, 0.1) is 18.8 Å². The third-order valence-corrected chi connectivity index (χ3v) is 4.39. The number of ether oxygens (including phenoxy) is 2. The van der Waals surface area contributed by atoms with Crippen LogP contribution >= 0.6 is 0 Å². The Bertz CT molecular complexity index is 523. The molecule has 0 spiro atoms. The second-order valence-electron chi connectivity index (χ2n) is 7.01. The first kappa shape index (κ1) is 20.5. The van der Waals surface area contributed by atoms with Gasteiger partial charge in [0, 0.05) is 32.4 Å². The van der Waals surface area contributed by atoms with Gasteiger partial charge in [0.15, 0.2) is 5.96 Å². The second-order valence-corrected chi connectivity index (χ2v) is 7.01. The van der Waals surface area contributed by atoms with E-state index in [4.69, 9.17) is 9.47 Å². The second kappa shape index (κ2) is 11.7. The van der Waals surface area contributed by atoms with Crippen LogP contribution in [0.5, 0.6) is 5.88 Å². The predicted molar refractivity (Wildman–Crippen MR) is 106 cm³/mol. The molecular formula is C20H34N4O2. The molecule has 1 aliphatic rings. The van der Waals surface area contributed by atoms with E-state index >= 15 is 0 Å². The van der Waals surface area contributed by atoms with Crippen molar-refractivity contribution in [2.75, 3.05) is 20.2 Å².